The monoisotopic (exact) mass is 295 g/mol. The van der Waals surface area contributed by atoms with Gasteiger partial charge in [0, 0.05) is 18.9 Å². The van der Waals surface area contributed by atoms with Crippen LogP contribution in [0.4, 0.5) is 0 Å². The molecule has 2 rings (SSSR count). The molecule has 0 atom stereocenters. The molecule has 0 saturated carbocycles. The number of amides is 2. The van der Waals surface area contributed by atoms with E-state index in [2.05, 4.69) is 10.3 Å². The fourth-order valence-corrected chi connectivity index (χ4v) is 2.85. The summed E-state index contributed by atoms with van der Waals surface area (Å²) in [7, 11) is 0. The maximum atomic E-state index is 12.3. The lowest BCUT2D eigenvalue weighted by atomic mass is 9.87. The number of rotatable bonds is 4. The molecule has 2 amide bonds. The summed E-state index contributed by atoms with van der Waals surface area (Å²) >= 11 is 6.11. The van der Waals surface area contributed by atoms with Crippen molar-refractivity contribution in [3.8, 4) is 0 Å². The number of carbonyl (C=O) groups is 2. The number of hydrogen-bond acceptors (Lipinski definition) is 3. The zero-order valence-corrected chi connectivity index (χ0v) is 12.4. The summed E-state index contributed by atoms with van der Waals surface area (Å²) in [5.74, 6) is -0.173. The quantitative estimate of drug-likeness (QED) is 0.920. The first-order valence-electron chi connectivity index (χ1n) is 6.72. The third-order valence-electron chi connectivity index (χ3n) is 4.00. The van der Waals surface area contributed by atoms with E-state index in [-0.39, 0.29) is 18.4 Å². The first kappa shape index (κ1) is 14.8. The smallest absolute Gasteiger partial charge is 0.246 e. The lowest BCUT2D eigenvalue weighted by Gasteiger charge is -2.45. The van der Waals surface area contributed by atoms with Gasteiger partial charge in [0.2, 0.25) is 11.8 Å². The second-order valence-corrected chi connectivity index (χ2v) is 5.28. The van der Waals surface area contributed by atoms with Gasteiger partial charge >= 0.3 is 0 Å². The fourth-order valence-electron chi connectivity index (χ4n) is 2.67. The van der Waals surface area contributed by atoms with E-state index in [9.17, 15) is 9.59 Å². The van der Waals surface area contributed by atoms with Crippen LogP contribution in [0.5, 0.6) is 0 Å². The predicted molar refractivity (Wildman–Crippen MR) is 76.1 cm³/mol. The summed E-state index contributed by atoms with van der Waals surface area (Å²) in [5.41, 5.74) is 0.0121. The maximum absolute atomic E-state index is 12.3. The highest BCUT2D eigenvalue weighted by atomic mass is 35.5. The molecule has 1 aliphatic rings. The van der Waals surface area contributed by atoms with Gasteiger partial charge in [-0.05, 0) is 24.5 Å². The van der Waals surface area contributed by atoms with Crippen molar-refractivity contribution in [3.05, 3.63) is 29.0 Å². The number of pyridine rings is 1. The lowest BCUT2D eigenvalue weighted by molar-refractivity contribution is -0.155. The molecule has 1 fully saturated rings. The van der Waals surface area contributed by atoms with E-state index in [1.54, 1.807) is 23.4 Å². The molecule has 20 heavy (non-hydrogen) atoms. The molecule has 1 aromatic heterocycles. The highest BCUT2D eigenvalue weighted by molar-refractivity contribution is 6.31. The number of piperazine rings is 1. The van der Waals surface area contributed by atoms with Crippen molar-refractivity contribution >= 4 is 23.4 Å². The van der Waals surface area contributed by atoms with Crippen LogP contribution < -0.4 is 5.32 Å². The van der Waals surface area contributed by atoms with Crippen molar-refractivity contribution in [2.45, 2.75) is 38.8 Å². The average molecular weight is 296 g/mol. The molecule has 5 nitrogen and oxygen atoms in total. The van der Waals surface area contributed by atoms with Crippen LogP contribution in [0.2, 0.25) is 5.02 Å². The largest absolute Gasteiger partial charge is 0.345 e. The summed E-state index contributed by atoms with van der Waals surface area (Å²) in [4.78, 5) is 30.1. The molecular formula is C14H18ClN3O2. The van der Waals surface area contributed by atoms with Gasteiger partial charge in [0.15, 0.2) is 0 Å². The number of aromatic nitrogens is 1. The zero-order chi connectivity index (χ0) is 14.8. The van der Waals surface area contributed by atoms with E-state index >= 15 is 0 Å². The minimum atomic E-state index is -0.790. The Morgan fingerprint density at radius 2 is 2.10 bits per heavy atom. The van der Waals surface area contributed by atoms with Crippen molar-refractivity contribution in [1.29, 1.82) is 0 Å². The molecule has 1 saturated heterocycles. The van der Waals surface area contributed by atoms with Crippen molar-refractivity contribution in [2.24, 2.45) is 0 Å². The molecule has 0 aromatic carbocycles. The first-order valence-corrected chi connectivity index (χ1v) is 7.10. The third kappa shape index (κ3) is 2.38. The van der Waals surface area contributed by atoms with Crippen LogP contribution in [-0.2, 0) is 16.1 Å². The number of carbonyl (C=O) groups excluding carboxylic acids is 2. The van der Waals surface area contributed by atoms with Crippen LogP contribution in [-0.4, -0.2) is 33.8 Å². The highest BCUT2D eigenvalue weighted by Gasteiger charge is 2.46. The lowest BCUT2D eigenvalue weighted by Crippen LogP contribution is -2.66. The standard InChI is InChI=1S/C14H18ClN3O2/c1-3-14(4-2)13(20)17-8-12(19)18(14)9-10-5-6-16-7-11(10)15/h5-7H,3-4,8-9H2,1-2H3,(H,17,20). The van der Waals surface area contributed by atoms with Gasteiger partial charge in [-0.15, -0.1) is 0 Å². The molecule has 2 heterocycles. The second kappa shape index (κ2) is 5.79. The Balaban J connectivity index is 2.37. The molecular weight excluding hydrogens is 278 g/mol. The Labute approximate surface area is 123 Å². The van der Waals surface area contributed by atoms with Gasteiger partial charge in [0.25, 0.3) is 0 Å². The van der Waals surface area contributed by atoms with E-state index in [1.165, 1.54) is 0 Å². The van der Waals surface area contributed by atoms with E-state index in [0.29, 0.717) is 24.4 Å². The Morgan fingerprint density at radius 1 is 1.40 bits per heavy atom. The molecule has 0 spiro atoms. The summed E-state index contributed by atoms with van der Waals surface area (Å²) < 4.78 is 0. The summed E-state index contributed by atoms with van der Waals surface area (Å²) in [6.45, 7) is 4.21. The zero-order valence-electron chi connectivity index (χ0n) is 11.6. The molecule has 1 aliphatic heterocycles. The van der Waals surface area contributed by atoms with Crippen molar-refractivity contribution < 1.29 is 9.59 Å². The van der Waals surface area contributed by atoms with Crippen molar-refractivity contribution in [1.82, 2.24) is 15.2 Å². The molecule has 1 N–H and O–H groups in total. The van der Waals surface area contributed by atoms with Gasteiger partial charge in [0.05, 0.1) is 11.6 Å². The maximum Gasteiger partial charge on any atom is 0.246 e. The fraction of sp³-hybridized carbons (Fsp3) is 0.500. The SMILES string of the molecule is CCC1(CC)C(=O)NCC(=O)N1Cc1ccncc1Cl. The number of nitrogens with one attached hydrogen (secondary N) is 1. The van der Waals surface area contributed by atoms with Crippen LogP contribution >= 0.6 is 11.6 Å². The second-order valence-electron chi connectivity index (χ2n) is 4.87. The molecule has 1 aromatic rings. The van der Waals surface area contributed by atoms with Crippen LogP contribution in [0, 0.1) is 0 Å². The molecule has 108 valence electrons. The summed E-state index contributed by atoms with van der Waals surface area (Å²) in [6, 6.07) is 1.78. The summed E-state index contributed by atoms with van der Waals surface area (Å²) in [6.07, 6.45) is 4.33. The summed E-state index contributed by atoms with van der Waals surface area (Å²) in [5, 5.41) is 3.19. The van der Waals surface area contributed by atoms with Crippen LogP contribution in [0.1, 0.15) is 32.3 Å². The van der Waals surface area contributed by atoms with E-state index in [1.807, 2.05) is 13.8 Å². The highest BCUT2D eigenvalue weighted by Crippen LogP contribution is 2.30. The van der Waals surface area contributed by atoms with Crippen LogP contribution in [0.25, 0.3) is 0 Å². The minimum Gasteiger partial charge on any atom is -0.345 e. The molecule has 0 radical (unpaired) electrons. The van der Waals surface area contributed by atoms with E-state index in [4.69, 9.17) is 11.6 Å². The minimum absolute atomic E-state index is 0.0449. The Morgan fingerprint density at radius 3 is 2.70 bits per heavy atom. The normalized spacial score (nSPS) is 18.1. The van der Waals surface area contributed by atoms with Gasteiger partial charge in [0.1, 0.15) is 5.54 Å². The van der Waals surface area contributed by atoms with Gasteiger partial charge in [-0.25, -0.2) is 0 Å². The molecule has 0 unspecified atom stereocenters. The molecule has 0 bridgehead atoms. The Bertz CT molecular complexity index is 529. The molecule has 0 aliphatic carbocycles. The number of halogens is 1. The number of nitrogens with zero attached hydrogens (tertiary/aromatic N) is 2. The van der Waals surface area contributed by atoms with Crippen molar-refractivity contribution in [3.63, 3.8) is 0 Å². The van der Waals surface area contributed by atoms with Gasteiger partial charge in [-0.3, -0.25) is 14.6 Å². The topological polar surface area (TPSA) is 62.3 Å². The molecule has 6 heteroatoms. The first-order chi connectivity index (χ1) is 9.55. The predicted octanol–water partition coefficient (Wildman–Crippen LogP) is 1.75. The van der Waals surface area contributed by atoms with Crippen LogP contribution in [0.3, 0.4) is 0 Å². The average Bonchev–Trinajstić information content (AvgIpc) is 2.46. The Hall–Kier alpha value is -1.62. The Kier molecular flexibility index (Phi) is 4.28. The third-order valence-corrected chi connectivity index (χ3v) is 4.34. The van der Waals surface area contributed by atoms with Crippen molar-refractivity contribution in [2.75, 3.05) is 6.54 Å². The van der Waals surface area contributed by atoms with E-state index in [0.717, 1.165) is 5.56 Å². The van der Waals surface area contributed by atoms with E-state index < -0.39 is 5.54 Å². The van der Waals surface area contributed by atoms with Crippen LogP contribution in [0.15, 0.2) is 18.5 Å². The van der Waals surface area contributed by atoms with Gasteiger partial charge in [-0.1, -0.05) is 25.4 Å². The number of hydrogen-bond donors (Lipinski definition) is 1. The van der Waals surface area contributed by atoms with Gasteiger partial charge in [-0.2, -0.15) is 0 Å². The van der Waals surface area contributed by atoms with Gasteiger partial charge < -0.3 is 10.2 Å².